The smallest absolute Gasteiger partial charge is 0.234 e. The van der Waals surface area contributed by atoms with Crippen LogP contribution in [0.5, 0.6) is 11.5 Å². The van der Waals surface area contributed by atoms with Crippen LogP contribution in [-0.4, -0.2) is 64.7 Å². The molecule has 4 rings (SSSR count). The molecule has 0 bridgehead atoms. The normalized spacial score (nSPS) is 24.2. The number of fused-ring (bicyclic) bond motifs is 1. The zero-order valence-corrected chi connectivity index (χ0v) is 21.6. The first-order valence-corrected chi connectivity index (χ1v) is 13.0. The van der Waals surface area contributed by atoms with Crippen molar-refractivity contribution < 1.29 is 15.0 Å². The van der Waals surface area contributed by atoms with Crippen LogP contribution in [0.2, 0.25) is 0 Å². The van der Waals surface area contributed by atoms with Gasteiger partial charge in [0.25, 0.3) is 0 Å². The van der Waals surface area contributed by atoms with Crippen LogP contribution < -0.4 is 5.32 Å². The second kappa shape index (κ2) is 10.6. The van der Waals surface area contributed by atoms with E-state index in [1.54, 1.807) is 12.1 Å². The summed E-state index contributed by atoms with van der Waals surface area (Å²) in [5, 5.41) is 23.1. The highest BCUT2D eigenvalue weighted by Crippen LogP contribution is 2.40. The zero-order valence-electron chi connectivity index (χ0n) is 21.6. The van der Waals surface area contributed by atoms with E-state index in [1.807, 2.05) is 24.3 Å². The molecule has 3 atom stereocenters. The van der Waals surface area contributed by atoms with E-state index in [1.165, 1.54) is 11.1 Å². The second-order valence-corrected chi connectivity index (χ2v) is 11.2. The Morgan fingerprint density at radius 3 is 2.57 bits per heavy atom. The van der Waals surface area contributed by atoms with E-state index in [0.29, 0.717) is 30.7 Å². The maximum absolute atomic E-state index is 13.0. The van der Waals surface area contributed by atoms with Crippen LogP contribution in [0.4, 0.5) is 0 Å². The Hall–Kier alpha value is -2.57. The van der Waals surface area contributed by atoms with Crippen molar-refractivity contribution >= 4 is 5.91 Å². The van der Waals surface area contributed by atoms with Crippen LogP contribution in [0.15, 0.2) is 42.5 Å². The molecular formula is C29H41N3O3. The van der Waals surface area contributed by atoms with Gasteiger partial charge < -0.3 is 20.4 Å². The lowest BCUT2D eigenvalue weighted by Gasteiger charge is -2.46. The van der Waals surface area contributed by atoms with Gasteiger partial charge in [-0.3, -0.25) is 9.69 Å². The highest BCUT2D eigenvalue weighted by atomic mass is 16.3. The minimum absolute atomic E-state index is 0.0325. The summed E-state index contributed by atoms with van der Waals surface area (Å²) in [6.07, 6.45) is 1.93. The number of aromatic hydroxyl groups is 2. The number of hydrogen-bond donors (Lipinski definition) is 3. The van der Waals surface area contributed by atoms with Gasteiger partial charge in [0.1, 0.15) is 11.5 Å². The number of benzene rings is 2. The van der Waals surface area contributed by atoms with Crippen molar-refractivity contribution in [1.29, 1.82) is 0 Å². The standard InChI is InChI=1S/C29H41N3O3/c1-20(2)27(30-28(35)19-31-12-10-22-8-9-26(34)14-23(22)17-31)18-32-13-11-29(4,21(3)16-32)24-6-5-7-25(33)15-24/h5-9,14-15,20-21,27,33-34H,10-13,16-19H2,1-4H3,(H,30,35)/t21-,27+,29+/m0/s1. The molecule has 0 aliphatic carbocycles. The molecule has 35 heavy (non-hydrogen) atoms. The van der Waals surface area contributed by atoms with Gasteiger partial charge in [0, 0.05) is 32.2 Å². The molecule has 1 fully saturated rings. The molecule has 2 aromatic carbocycles. The van der Waals surface area contributed by atoms with Crippen LogP contribution in [0.1, 0.15) is 50.8 Å². The van der Waals surface area contributed by atoms with E-state index in [9.17, 15) is 15.0 Å². The summed E-state index contributed by atoms with van der Waals surface area (Å²) >= 11 is 0. The van der Waals surface area contributed by atoms with Crippen molar-refractivity contribution in [2.24, 2.45) is 11.8 Å². The number of piperidine rings is 1. The van der Waals surface area contributed by atoms with Gasteiger partial charge in [-0.05, 0) is 77.6 Å². The van der Waals surface area contributed by atoms with Crippen molar-refractivity contribution in [1.82, 2.24) is 15.1 Å². The van der Waals surface area contributed by atoms with Crippen molar-refractivity contribution in [2.75, 3.05) is 32.7 Å². The van der Waals surface area contributed by atoms with E-state index in [2.05, 4.69) is 48.9 Å². The lowest BCUT2D eigenvalue weighted by atomic mass is 9.68. The third-order valence-electron chi connectivity index (χ3n) is 8.33. The van der Waals surface area contributed by atoms with Crippen LogP contribution in [0, 0.1) is 11.8 Å². The Morgan fingerprint density at radius 2 is 1.86 bits per heavy atom. The highest BCUT2D eigenvalue weighted by Gasteiger charge is 2.38. The third-order valence-corrected chi connectivity index (χ3v) is 8.33. The number of amides is 1. The number of carbonyl (C=O) groups excluding carboxylic acids is 1. The molecule has 2 aliphatic heterocycles. The van der Waals surface area contributed by atoms with E-state index >= 15 is 0 Å². The number of nitrogens with zero attached hydrogens (tertiary/aromatic N) is 2. The Labute approximate surface area is 210 Å². The molecule has 3 N–H and O–H groups in total. The molecule has 0 radical (unpaired) electrons. The van der Waals surface area contributed by atoms with Crippen molar-refractivity contribution in [3.05, 3.63) is 59.2 Å². The SMILES string of the molecule is CC(C)[C@@H](CN1CC[C@@](C)(c2cccc(O)c2)[C@@H](C)C1)NC(=O)CN1CCc2ccc(O)cc2C1. The summed E-state index contributed by atoms with van der Waals surface area (Å²) < 4.78 is 0. The molecule has 1 amide bonds. The Morgan fingerprint density at radius 1 is 1.09 bits per heavy atom. The fraction of sp³-hybridized carbons (Fsp3) is 0.552. The Bertz CT molecular complexity index is 1040. The quantitative estimate of drug-likeness (QED) is 0.562. The van der Waals surface area contributed by atoms with Crippen molar-refractivity contribution in [3.8, 4) is 11.5 Å². The number of rotatable bonds is 7. The minimum atomic E-state index is 0.0325. The molecule has 2 aliphatic rings. The highest BCUT2D eigenvalue weighted by molar-refractivity contribution is 5.78. The molecule has 6 nitrogen and oxygen atoms in total. The van der Waals surface area contributed by atoms with Gasteiger partial charge in [0.2, 0.25) is 5.91 Å². The van der Waals surface area contributed by atoms with Crippen molar-refractivity contribution in [2.45, 2.75) is 58.5 Å². The maximum atomic E-state index is 13.0. The molecule has 0 aromatic heterocycles. The Balaban J connectivity index is 1.32. The molecular weight excluding hydrogens is 438 g/mol. The third kappa shape index (κ3) is 5.99. The molecule has 2 aromatic rings. The first-order valence-electron chi connectivity index (χ1n) is 13.0. The zero-order chi connectivity index (χ0) is 25.2. The van der Waals surface area contributed by atoms with Gasteiger partial charge >= 0.3 is 0 Å². The molecule has 0 spiro atoms. The molecule has 2 heterocycles. The molecule has 0 saturated carbocycles. The summed E-state index contributed by atoms with van der Waals surface area (Å²) in [7, 11) is 0. The van der Waals surface area contributed by atoms with Gasteiger partial charge in [-0.15, -0.1) is 0 Å². The van der Waals surface area contributed by atoms with Gasteiger partial charge in [0.05, 0.1) is 6.54 Å². The number of phenols is 2. The van der Waals surface area contributed by atoms with Crippen LogP contribution >= 0.6 is 0 Å². The van der Waals surface area contributed by atoms with E-state index in [4.69, 9.17) is 0 Å². The number of hydrogen-bond acceptors (Lipinski definition) is 5. The average molecular weight is 480 g/mol. The summed E-state index contributed by atoms with van der Waals surface area (Å²) in [4.78, 5) is 17.6. The first kappa shape index (κ1) is 25.5. The lowest BCUT2D eigenvalue weighted by Crippen LogP contribution is -2.54. The molecule has 1 saturated heterocycles. The number of phenolic OH excluding ortho intramolecular Hbond substituents is 2. The largest absolute Gasteiger partial charge is 0.508 e. The monoisotopic (exact) mass is 479 g/mol. The summed E-state index contributed by atoms with van der Waals surface area (Å²) in [5.41, 5.74) is 3.61. The second-order valence-electron chi connectivity index (χ2n) is 11.2. The first-order chi connectivity index (χ1) is 16.6. The molecule has 6 heteroatoms. The van der Waals surface area contributed by atoms with Gasteiger partial charge in [-0.2, -0.15) is 0 Å². The predicted molar refractivity (Wildman–Crippen MR) is 140 cm³/mol. The number of likely N-dealkylation sites (tertiary alicyclic amines) is 1. The van der Waals surface area contributed by atoms with E-state index < -0.39 is 0 Å². The summed E-state index contributed by atoms with van der Waals surface area (Å²) in [6.45, 7) is 13.7. The van der Waals surface area contributed by atoms with Gasteiger partial charge in [-0.1, -0.05) is 45.9 Å². The van der Waals surface area contributed by atoms with E-state index in [-0.39, 0.29) is 23.1 Å². The van der Waals surface area contributed by atoms with E-state index in [0.717, 1.165) is 44.6 Å². The maximum Gasteiger partial charge on any atom is 0.234 e. The summed E-state index contributed by atoms with van der Waals surface area (Å²) in [5.74, 6) is 1.46. The van der Waals surface area contributed by atoms with Gasteiger partial charge in [0.15, 0.2) is 0 Å². The van der Waals surface area contributed by atoms with Crippen LogP contribution in [-0.2, 0) is 23.2 Å². The van der Waals surface area contributed by atoms with Gasteiger partial charge in [-0.25, -0.2) is 0 Å². The number of nitrogens with one attached hydrogen (secondary N) is 1. The number of carbonyl (C=O) groups is 1. The summed E-state index contributed by atoms with van der Waals surface area (Å²) in [6, 6.07) is 13.3. The van der Waals surface area contributed by atoms with Crippen LogP contribution in [0.3, 0.4) is 0 Å². The van der Waals surface area contributed by atoms with Crippen LogP contribution in [0.25, 0.3) is 0 Å². The fourth-order valence-corrected chi connectivity index (χ4v) is 5.67. The topological polar surface area (TPSA) is 76.0 Å². The predicted octanol–water partition coefficient (Wildman–Crippen LogP) is 3.90. The fourth-order valence-electron chi connectivity index (χ4n) is 5.67. The minimum Gasteiger partial charge on any atom is -0.508 e. The lowest BCUT2D eigenvalue weighted by molar-refractivity contribution is -0.123. The molecule has 0 unspecified atom stereocenters. The van der Waals surface area contributed by atoms with Crippen molar-refractivity contribution in [3.63, 3.8) is 0 Å². The average Bonchev–Trinajstić information content (AvgIpc) is 2.80. The molecule has 190 valence electrons. The Kier molecular flexibility index (Phi) is 7.72.